The van der Waals surface area contributed by atoms with E-state index < -0.39 is 41.4 Å². The standard InChI is InChI=1S/C31H37N3O6/c1-4-5-22-23-12-17(2)6-11-21(23)18(3)13-24(22)29(37)28-30(38)25(14-34(31(28)39)15-26(32)35)19-7-9-20(10-8-19)40-16-27(33)36/h4-5,7-10,13-14,17,21-24,38H,6,11-12,15-16H2,1-3H3,(H2,32,35)(H2,33,36)/b5-4+/t17-,21+,22+,23-,24+/m0/s1. The number of carbonyl (C=O) groups excluding carboxylic acids is 3. The van der Waals surface area contributed by atoms with Gasteiger partial charge in [0.1, 0.15) is 23.6 Å². The fourth-order valence-corrected chi connectivity index (χ4v) is 6.36. The molecular weight excluding hydrogens is 510 g/mol. The number of nitrogens with two attached hydrogens (primary N) is 2. The molecule has 2 aliphatic carbocycles. The van der Waals surface area contributed by atoms with Crippen molar-refractivity contribution < 1.29 is 24.2 Å². The SMILES string of the molecule is C/C=C/[C@@H]1[C@H]2C[C@@H](C)CC[C@@H]2C(C)=C[C@H]1C(=O)c1c(O)c(-c2ccc(OCC(N)=O)cc2)cn(CC(N)=O)c1=O. The summed E-state index contributed by atoms with van der Waals surface area (Å²) in [7, 11) is 0. The molecule has 0 saturated heterocycles. The van der Waals surface area contributed by atoms with Crippen molar-refractivity contribution in [2.75, 3.05) is 6.61 Å². The van der Waals surface area contributed by atoms with Crippen LogP contribution in [0.2, 0.25) is 0 Å². The second-order valence-electron chi connectivity index (χ2n) is 11.0. The maximum atomic E-state index is 14.2. The molecule has 1 aromatic carbocycles. The summed E-state index contributed by atoms with van der Waals surface area (Å²) in [5.41, 5.74) is 11.2. The summed E-state index contributed by atoms with van der Waals surface area (Å²) in [6, 6.07) is 6.37. The van der Waals surface area contributed by atoms with Crippen molar-refractivity contribution in [2.24, 2.45) is 41.1 Å². The second kappa shape index (κ2) is 11.9. The van der Waals surface area contributed by atoms with Crippen LogP contribution in [0.15, 0.2) is 59.1 Å². The molecule has 2 amide bonds. The first-order chi connectivity index (χ1) is 19.0. The lowest BCUT2D eigenvalue weighted by Crippen LogP contribution is -2.41. The number of aromatic hydroxyl groups is 1. The highest BCUT2D eigenvalue weighted by molar-refractivity contribution is 6.03. The molecule has 9 heteroatoms. The van der Waals surface area contributed by atoms with Crippen LogP contribution in [0.25, 0.3) is 11.1 Å². The Morgan fingerprint density at radius 2 is 1.82 bits per heavy atom. The van der Waals surface area contributed by atoms with Crippen molar-refractivity contribution in [1.29, 1.82) is 0 Å². The Morgan fingerprint density at radius 1 is 1.12 bits per heavy atom. The molecule has 5 atom stereocenters. The normalized spacial score (nSPS) is 24.3. The van der Waals surface area contributed by atoms with Gasteiger partial charge in [0.05, 0.1) is 0 Å². The van der Waals surface area contributed by atoms with Crippen LogP contribution < -0.4 is 21.8 Å². The van der Waals surface area contributed by atoms with Crippen molar-refractivity contribution >= 4 is 17.6 Å². The molecule has 0 radical (unpaired) electrons. The molecular formula is C31H37N3O6. The Bertz CT molecular complexity index is 1420. The number of nitrogens with zero attached hydrogens (tertiary/aromatic N) is 1. The first kappa shape index (κ1) is 28.9. The van der Waals surface area contributed by atoms with Crippen LogP contribution in [-0.4, -0.2) is 33.9 Å². The fraction of sp³-hybridized carbons (Fsp3) is 0.419. The number of ether oxygens (including phenoxy) is 1. The number of primary amides is 2. The molecule has 2 aromatic rings. The molecule has 1 aromatic heterocycles. The number of pyridine rings is 1. The van der Waals surface area contributed by atoms with E-state index in [9.17, 15) is 24.3 Å². The van der Waals surface area contributed by atoms with Gasteiger partial charge in [-0.3, -0.25) is 19.2 Å². The van der Waals surface area contributed by atoms with Gasteiger partial charge in [0.2, 0.25) is 5.91 Å². The maximum Gasteiger partial charge on any atom is 0.265 e. The molecule has 1 fully saturated rings. The van der Waals surface area contributed by atoms with Crippen LogP contribution >= 0.6 is 0 Å². The van der Waals surface area contributed by atoms with Gasteiger partial charge >= 0.3 is 0 Å². The number of allylic oxidation sites excluding steroid dienone is 4. The van der Waals surface area contributed by atoms with Gasteiger partial charge < -0.3 is 25.9 Å². The molecule has 5 N–H and O–H groups in total. The number of ketones is 1. The minimum absolute atomic E-state index is 0.123. The number of amides is 2. The number of carbonyl (C=O) groups is 3. The van der Waals surface area contributed by atoms with Gasteiger partial charge in [-0.1, -0.05) is 49.3 Å². The number of fused-ring (bicyclic) bond motifs is 1. The van der Waals surface area contributed by atoms with Crippen molar-refractivity contribution in [2.45, 2.75) is 46.6 Å². The first-order valence-corrected chi connectivity index (χ1v) is 13.6. The predicted molar refractivity (Wildman–Crippen MR) is 152 cm³/mol. The van der Waals surface area contributed by atoms with E-state index in [4.69, 9.17) is 16.2 Å². The Labute approximate surface area is 233 Å². The summed E-state index contributed by atoms with van der Waals surface area (Å²) in [5.74, 6) is -1.53. The smallest absolute Gasteiger partial charge is 0.265 e. The van der Waals surface area contributed by atoms with Gasteiger partial charge in [-0.25, -0.2) is 0 Å². The third kappa shape index (κ3) is 5.88. The third-order valence-corrected chi connectivity index (χ3v) is 8.19. The van der Waals surface area contributed by atoms with Crippen molar-refractivity contribution in [1.82, 2.24) is 4.57 Å². The molecule has 0 spiro atoms. The summed E-state index contributed by atoms with van der Waals surface area (Å²) >= 11 is 0. The van der Waals surface area contributed by atoms with Crippen molar-refractivity contribution in [3.63, 3.8) is 0 Å². The molecule has 1 saturated carbocycles. The van der Waals surface area contributed by atoms with Gasteiger partial charge in [0.15, 0.2) is 12.4 Å². The number of rotatable bonds is 9. The second-order valence-corrected chi connectivity index (χ2v) is 11.0. The monoisotopic (exact) mass is 547 g/mol. The van der Waals surface area contributed by atoms with E-state index in [0.29, 0.717) is 23.1 Å². The highest BCUT2D eigenvalue weighted by Gasteiger charge is 2.44. The largest absolute Gasteiger partial charge is 0.506 e. The van der Waals surface area contributed by atoms with E-state index in [0.717, 1.165) is 29.4 Å². The summed E-state index contributed by atoms with van der Waals surface area (Å²) in [5, 5.41) is 11.4. The lowest BCUT2D eigenvalue weighted by molar-refractivity contribution is -0.120. The van der Waals surface area contributed by atoms with Crippen LogP contribution in [0.4, 0.5) is 0 Å². The molecule has 40 heavy (non-hydrogen) atoms. The van der Waals surface area contributed by atoms with E-state index in [1.807, 2.05) is 26.0 Å². The van der Waals surface area contributed by atoms with Crippen molar-refractivity contribution in [3.05, 3.63) is 70.2 Å². The zero-order chi connectivity index (χ0) is 29.1. The quantitative estimate of drug-likeness (QED) is 0.322. The van der Waals surface area contributed by atoms with Crippen LogP contribution in [0.3, 0.4) is 0 Å². The number of aromatic nitrogens is 1. The van der Waals surface area contributed by atoms with Gasteiger partial charge in [-0.05, 0) is 68.1 Å². The van der Waals surface area contributed by atoms with Crippen LogP contribution in [0.1, 0.15) is 50.4 Å². The summed E-state index contributed by atoms with van der Waals surface area (Å²) in [6.45, 7) is 5.45. The molecule has 212 valence electrons. The fourth-order valence-electron chi connectivity index (χ4n) is 6.36. The zero-order valence-electron chi connectivity index (χ0n) is 23.1. The molecule has 0 aliphatic heterocycles. The van der Waals surface area contributed by atoms with Gasteiger partial charge in [-0.2, -0.15) is 0 Å². The Balaban J connectivity index is 1.82. The summed E-state index contributed by atoms with van der Waals surface area (Å²) in [4.78, 5) is 50.6. The lowest BCUT2D eigenvalue weighted by atomic mass is 9.59. The topological polar surface area (TPSA) is 155 Å². The molecule has 0 unspecified atom stereocenters. The van der Waals surface area contributed by atoms with Gasteiger partial charge in [0.25, 0.3) is 11.5 Å². The highest BCUT2D eigenvalue weighted by atomic mass is 16.5. The number of benzene rings is 1. The Morgan fingerprint density at radius 3 is 2.45 bits per heavy atom. The van der Waals surface area contributed by atoms with Crippen LogP contribution in [0, 0.1) is 29.6 Å². The van der Waals surface area contributed by atoms with E-state index in [1.165, 1.54) is 6.20 Å². The van der Waals surface area contributed by atoms with Crippen LogP contribution in [-0.2, 0) is 16.1 Å². The van der Waals surface area contributed by atoms with Crippen molar-refractivity contribution in [3.8, 4) is 22.6 Å². The van der Waals surface area contributed by atoms with E-state index >= 15 is 0 Å². The molecule has 2 aliphatic rings. The van der Waals surface area contributed by atoms with E-state index in [-0.39, 0.29) is 29.6 Å². The van der Waals surface area contributed by atoms with E-state index in [2.05, 4.69) is 13.0 Å². The zero-order valence-corrected chi connectivity index (χ0v) is 23.1. The lowest BCUT2D eigenvalue weighted by Gasteiger charge is -2.45. The van der Waals surface area contributed by atoms with Gasteiger partial charge in [-0.15, -0.1) is 0 Å². The predicted octanol–water partition coefficient (Wildman–Crippen LogP) is 3.57. The highest BCUT2D eigenvalue weighted by Crippen LogP contribution is 2.49. The summed E-state index contributed by atoms with van der Waals surface area (Å²) < 4.78 is 6.37. The minimum Gasteiger partial charge on any atom is -0.506 e. The first-order valence-electron chi connectivity index (χ1n) is 13.6. The number of Topliss-reactive ketones (excluding diaryl/α,β-unsaturated/α-hetero) is 1. The molecule has 4 rings (SSSR count). The van der Waals surface area contributed by atoms with Gasteiger partial charge in [0, 0.05) is 17.7 Å². The third-order valence-electron chi connectivity index (χ3n) is 8.19. The Kier molecular flexibility index (Phi) is 8.61. The number of hydrogen-bond donors (Lipinski definition) is 3. The number of hydrogen-bond acceptors (Lipinski definition) is 6. The van der Waals surface area contributed by atoms with Crippen LogP contribution in [0.5, 0.6) is 11.5 Å². The molecule has 1 heterocycles. The van der Waals surface area contributed by atoms with E-state index in [1.54, 1.807) is 24.3 Å². The molecule has 0 bridgehead atoms. The summed E-state index contributed by atoms with van der Waals surface area (Å²) in [6.07, 6.45) is 10.5. The maximum absolute atomic E-state index is 14.2. The molecule has 9 nitrogen and oxygen atoms in total. The Hall–Kier alpha value is -4.14. The average Bonchev–Trinajstić information content (AvgIpc) is 2.90. The average molecular weight is 548 g/mol. The minimum atomic E-state index is -0.768.